The molecule has 13 heteroatoms. The third kappa shape index (κ3) is 5.40. The molecule has 181 valence electrons. The van der Waals surface area contributed by atoms with Gasteiger partial charge in [0.1, 0.15) is 17.3 Å². The van der Waals surface area contributed by atoms with Gasteiger partial charge in [-0.1, -0.05) is 48.5 Å². The van der Waals surface area contributed by atoms with Crippen molar-refractivity contribution >= 4 is 35.4 Å². The molecule has 2 N–H and O–H groups in total. The molecule has 2 aromatic carbocycles. The number of alkyl halides is 5. The second-order valence-electron chi connectivity index (χ2n) is 8.17. The number of halogens is 5. The summed E-state index contributed by atoms with van der Waals surface area (Å²) < 4.78 is 66.6. The van der Waals surface area contributed by atoms with E-state index in [9.17, 15) is 22.0 Å². The molecule has 2 aromatic heterocycles. The van der Waals surface area contributed by atoms with Crippen LogP contribution in [-0.2, 0) is 12.5 Å². The smallest absolute Gasteiger partial charge is 0.366 e. The van der Waals surface area contributed by atoms with Crippen molar-refractivity contribution in [2.24, 2.45) is 0 Å². The van der Waals surface area contributed by atoms with E-state index in [1.165, 1.54) is 0 Å². The van der Waals surface area contributed by atoms with Crippen LogP contribution >= 0.6 is 0 Å². The van der Waals surface area contributed by atoms with Crippen LogP contribution in [-0.4, -0.2) is 66.3 Å². The van der Waals surface area contributed by atoms with Gasteiger partial charge in [-0.2, -0.15) is 27.2 Å². The van der Waals surface area contributed by atoms with Crippen molar-refractivity contribution in [3.8, 4) is 22.5 Å². The minimum atomic E-state index is -5.74. The van der Waals surface area contributed by atoms with Gasteiger partial charge < -0.3 is 5.32 Å². The van der Waals surface area contributed by atoms with E-state index >= 15 is 0 Å². The molecule has 0 aliphatic heterocycles. The van der Waals surface area contributed by atoms with Crippen molar-refractivity contribution in [3.63, 3.8) is 0 Å². The number of tetrazole rings is 1. The van der Waals surface area contributed by atoms with E-state index in [1.807, 2.05) is 48.5 Å². The predicted octanol–water partition coefficient (Wildman–Crippen LogP) is 5.09. The van der Waals surface area contributed by atoms with Gasteiger partial charge in [0, 0.05) is 53.6 Å². The zero-order valence-corrected chi connectivity index (χ0v) is 21.0. The average molecular weight is 510 g/mol. The fraction of sp³-hybridized carbons (Fsp3) is 0.261. The van der Waals surface area contributed by atoms with Crippen LogP contribution < -0.4 is 5.32 Å². The van der Waals surface area contributed by atoms with Gasteiger partial charge in [0.05, 0.1) is 0 Å². The zero-order valence-electron chi connectivity index (χ0n) is 19.0. The second kappa shape index (κ2) is 10.2. The maximum Gasteiger partial charge on any atom is 0.459 e. The SMILES string of the molecule is FC(F)(F)C(F)(F)c1cc(NCc2ccc(-c3ccccc3-c3nn[nH]n3)cc2)nc(C2CC2)n1.[Na]. The molecular formula is C23H18F5N7Na. The summed E-state index contributed by atoms with van der Waals surface area (Å²) in [5.41, 5.74) is 2.00. The van der Waals surface area contributed by atoms with E-state index in [0.29, 0.717) is 24.7 Å². The Hall–Kier alpha value is -2.96. The molecule has 1 saturated carbocycles. The van der Waals surface area contributed by atoms with E-state index in [0.717, 1.165) is 22.3 Å². The Morgan fingerprint density at radius 1 is 0.917 bits per heavy atom. The van der Waals surface area contributed by atoms with Crippen LogP contribution in [0.25, 0.3) is 22.5 Å². The predicted molar refractivity (Wildman–Crippen MR) is 122 cm³/mol. The molecular weight excluding hydrogens is 492 g/mol. The van der Waals surface area contributed by atoms with Gasteiger partial charge in [-0.3, -0.25) is 0 Å². The van der Waals surface area contributed by atoms with Crippen LogP contribution in [0.1, 0.15) is 35.8 Å². The molecule has 7 nitrogen and oxygen atoms in total. The van der Waals surface area contributed by atoms with E-state index in [-0.39, 0.29) is 53.7 Å². The van der Waals surface area contributed by atoms with Crippen molar-refractivity contribution in [3.05, 3.63) is 71.7 Å². The minimum Gasteiger partial charge on any atom is -0.366 e. The molecule has 0 unspecified atom stereocenters. The normalized spacial score (nSPS) is 13.8. The summed E-state index contributed by atoms with van der Waals surface area (Å²) in [6, 6.07) is 15.6. The number of benzene rings is 2. The first-order valence-electron chi connectivity index (χ1n) is 10.7. The maximum absolute atomic E-state index is 14.0. The summed E-state index contributed by atoms with van der Waals surface area (Å²) in [6.07, 6.45) is -4.42. The quantitative estimate of drug-likeness (QED) is 0.266. The third-order valence-corrected chi connectivity index (χ3v) is 5.62. The Kier molecular flexibility index (Phi) is 7.39. The van der Waals surface area contributed by atoms with Crippen molar-refractivity contribution in [2.45, 2.75) is 37.4 Å². The van der Waals surface area contributed by atoms with Crippen molar-refractivity contribution < 1.29 is 22.0 Å². The van der Waals surface area contributed by atoms with Gasteiger partial charge in [-0.25, -0.2) is 9.97 Å². The molecule has 36 heavy (non-hydrogen) atoms. The second-order valence-corrected chi connectivity index (χ2v) is 8.17. The van der Waals surface area contributed by atoms with Crippen LogP contribution in [0, 0.1) is 0 Å². The molecule has 0 saturated heterocycles. The van der Waals surface area contributed by atoms with Crippen molar-refractivity contribution in [1.82, 2.24) is 30.6 Å². The van der Waals surface area contributed by atoms with Crippen LogP contribution in [0.5, 0.6) is 0 Å². The number of hydrogen-bond donors (Lipinski definition) is 2. The number of aromatic nitrogens is 6. The van der Waals surface area contributed by atoms with Gasteiger partial charge in [-0.15, -0.1) is 10.2 Å². The van der Waals surface area contributed by atoms with Crippen LogP contribution in [0.4, 0.5) is 27.8 Å². The molecule has 1 fully saturated rings. The number of hydrogen-bond acceptors (Lipinski definition) is 6. The van der Waals surface area contributed by atoms with E-state index in [1.54, 1.807) is 0 Å². The van der Waals surface area contributed by atoms with Gasteiger partial charge in [-0.05, 0) is 34.7 Å². The van der Waals surface area contributed by atoms with E-state index in [2.05, 4.69) is 35.9 Å². The van der Waals surface area contributed by atoms with Crippen LogP contribution in [0.2, 0.25) is 0 Å². The summed E-state index contributed by atoms with van der Waals surface area (Å²) in [6.45, 7) is 0.172. The zero-order chi connectivity index (χ0) is 24.6. The van der Waals surface area contributed by atoms with Crippen molar-refractivity contribution in [2.75, 3.05) is 5.32 Å². The van der Waals surface area contributed by atoms with Crippen LogP contribution in [0.15, 0.2) is 54.6 Å². The Labute approximate surface area is 224 Å². The molecule has 0 bridgehead atoms. The minimum absolute atomic E-state index is 0. The number of nitrogens with zero attached hydrogens (tertiary/aromatic N) is 5. The van der Waals surface area contributed by atoms with Gasteiger partial charge in [0.2, 0.25) is 5.82 Å². The number of rotatable bonds is 7. The number of anilines is 1. The Bertz CT molecular complexity index is 1320. The topological polar surface area (TPSA) is 92.3 Å². The van der Waals surface area contributed by atoms with E-state index < -0.39 is 17.8 Å². The summed E-state index contributed by atoms with van der Waals surface area (Å²) in [5.74, 6) is -4.88. The number of aromatic amines is 1. The first-order chi connectivity index (χ1) is 16.7. The fourth-order valence-electron chi connectivity index (χ4n) is 3.59. The third-order valence-electron chi connectivity index (χ3n) is 5.62. The molecule has 1 aliphatic rings. The molecule has 1 radical (unpaired) electrons. The summed E-state index contributed by atoms with van der Waals surface area (Å²) in [4.78, 5) is 7.69. The summed E-state index contributed by atoms with van der Waals surface area (Å²) in [5, 5.41) is 16.9. The monoisotopic (exact) mass is 510 g/mol. The Morgan fingerprint density at radius 2 is 1.61 bits per heavy atom. The molecule has 4 aromatic rings. The Morgan fingerprint density at radius 3 is 2.22 bits per heavy atom. The largest absolute Gasteiger partial charge is 0.459 e. The van der Waals surface area contributed by atoms with Gasteiger partial charge >= 0.3 is 12.1 Å². The van der Waals surface area contributed by atoms with Crippen molar-refractivity contribution in [1.29, 1.82) is 0 Å². The summed E-state index contributed by atoms with van der Waals surface area (Å²) >= 11 is 0. The Balaban J connectivity index is 0.00000304. The van der Waals surface area contributed by atoms with Crippen LogP contribution in [0.3, 0.4) is 0 Å². The molecule has 0 amide bonds. The molecule has 5 rings (SSSR count). The molecule has 2 heterocycles. The molecule has 0 spiro atoms. The first-order valence-corrected chi connectivity index (χ1v) is 10.7. The summed E-state index contributed by atoms with van der Waals surface area (Å²) in [7, 11) is 0. The van der Waals surface area contributed by atoms with Gasteiger partial charge in [0.25, 0.3) is 0 Å². The molecule has 0 atom stereocenters. The fourth-order valence-corrected chi connectivity index (χ4v) is 3.59. The number of nitrogens with one attached hydrogen (secondary N) is 2. The first kappa shape index (κ1) is 26.1. The maximum atomic E-state index is 14.0. The molecule has 1 aliphatic carbocycles. The average Bonchev–Trinajstić information content (AvgIpc) is 3.56. The number of H-pyrrole nitrogens is 1. The van der Waals surface area contributed by atoms with E-state index in [4.69, 9.17) is 0 Å². The van der Waals surface area contributed by atoms with Gasteiger partial charge in [0.15, 0.2) is 0 Å². The standard InChI is InChI=1S/C23H18F5N7.Na/c24-22(25,23(26,27)28)18-11-19(31-20(30-18)15-9-10-15)29-12-13-5-7-14(8-6-13)16-3-1-2-4-17(16)21-32-34-35-33-21;/h1-8,11,15H,9-10,12H2,(H,29,30,31)(H,32,33,34,35);.